The summed E-state index contributed by atoms with van der Waals surface area (Å²) in [7, 11) is 1.56. The number of benzene rings is 1. The van der Waals surface area contributed by atoms with Crippen molar-refractivity contribution in [3.05, 3.63) is 53.9 Å². The van der Waals surface area contributed by atoms with E-state index in [9.17, 15) is 9.90 Å². The molecular formula is C19H17N3O3S. The average Bonchev–Trinajstić information content (AvgIpc) is 3.08. The second-order valence-corrected chi connectivity index (χ2v) is 7.14. The molecule has 0 amide bonds. The first-order valence-corrected chi connectivity index (χ1v) is 9.14. The number of thioether (sulfide) groups is 1. The molecule has 1 unspecified atom stereocenters. The van der Waals surface area contributed by atoms with E-state index in [1.807, 2.05) is 24.3 Å². The van der Waals surface area contributed by atoms with E-state index >= 15 is 0 Å². The highest BCUT2D eigenvalue weighted by molar-refractivity contribution is 7.99. The van der Waals surface area contributed by atoms with Crippen molar-refractivity contribution in [1.82, 2.24) is 14.8 Å². The highest BCUT2D eigenvalue weighted by Gasteiger charge is 2.34. The zero-order valence-corrected chi connectivity index (χ0v) is 15.2. The summed E-state index contributed by atoms with van der Waals surface area (Å²) in [6, 6.07) is 11.6. The molecule has 6 nitrogen and oxygen atoms in total. The molecule has 0 fully saturated rings. The van der Waals surface area contributed by atoms with E-state index in [0.29, 0.717) is 11.6 Å². The van der Waals surface area contributed by atoms with Gasteiger partial charge in [0.25, 0.3) is 0 Å². The summed E-state index contributed by atoms with van der Waals surface area (Å²) in [5, 5.41) is 14.2. The molecule has 0 bridgehead atoms. The molecule has 132 valence electrons. The molecule has 0 saturated heterocycles. The molecule has 7 heteroatoms. The van der Waals surface area contributed by atoms with E-state index in [0.717, 1.165) is 28.1 Å². The van der Waals surface area contributed by atoms with Gasteiger partial charge in [-0.3, -0.25) is 0 Å². The number of carboxylic acid groups (broad SMARTS) is 1. The van der Waals surface area contributed by atoms with Crippen LogP contribution in [0, 0.1) is 0 Å². The van der Waals surface area contributed by atoms with Crippen LogP contribution in [0.1, 0.15) is 34.6 Å². The number of pyridine rings is 1. The molecule has 1 aliphatic rings. The summed E-state index contributed by atoms with van der Waals surface area (Å²) in [6.07, 6.45) is 2.46. The number of rotatable bonds is 4. The van der Waals surface area contributed by atoms with Gasteiger partial charge in [0, 0.05) is 27.3 Å². The van der Waals surface area contributed by atoms with Crippen molar-refractivity contribution < 1.29 is 14.6 Å². The third-order valence-electron chi connectivity index (χ3n) is 4.40. The molecule has 1 aromatic carbocycles. The fourth-order valence-corrected chi connectivity index (χ4v) is 4.49. The number of carbonyl (C=O) groups is 1. The third kappa shape index (κ3) is 2.55. The van der Waals surface area contributed by atoms with Crippen LogP contribution in [-0.4, -0.2) is 33.0 Å². The molecule has 1 N–H and O–H groups in total. The quantitative estimate of drug-likeness (QED) is 0.745. The SMILES string of the molecule is CCC1Sc2ccccc2-c2c1c(C(=O)O)nn2-c1ccc(OC)nc1. The van der Waals surface area contributed by atoms with E-state index in [-0.39, 0.29) is 10.9 Å². The topological polar surface area (TPSA) is 77.2 Å². The Kier molecular flexibility index (Phi) is 4.16. The van der Waals surface area contributed by atoms with Crippen molar-refractivity contribution in [2.75, 3.05) is 7.11 Å². The number of carboxylic acids is 1. The van der Waals surface area contributed by atoms with Crippen LogP contribution in [0.5, 0.6) is 5.88 Å². The van der Waals surface area contributed by atoms with Crippen LogP contribution in [-0.2, 0) is 0 Å². The predicted molar refractivity (Wildman–Crippen MR) is 99.2 cm³/mol. The summed E-state index contributed by atoms with van der Waals surface area (Å²) in [4.78, 5) is 17.2. The van der Waals surface area contributed by atoms with Crippen LogP contribution >= 0.6 is 11.8 Å². The zero-order valence-electron chi connectivity index (χ0n) is 14.3. The lowest BCUT2D eigenvalue weighted by molar-refractivity contribution is 0.0688. The van der Waals surface area contributed by atoms with E-state index in [1.54, 1.807) is 35.8 Å². The maximum atomic E-state index is 11.9. The number of nitrogens with zero attached hydrogens (tertiary/aromatic N) is 3. The number of methoxy groups -OCH3 is 1. The Balaban J connectivity index is 2.01. The molecule has 0 saturated carbocycles. The fraction of sp³-hybridized carbons (Fsp3) is 0.211. The second kappa shape index (κ2) is 6.49. The van der Waals surface area contributed by atoms with Gasteiger partial charge in [-0.2, -0.15) is 5.10 Å². The molecule has 3 heterocycles. The summed E-state index contributed by atoms with van der Waals surface area (Å²) in [6.45, 7) is 2.06. The largest absolute Gasteiger partial charge is 0.481 e. The van der Waals surface area contributed by atoms with Gasteiger partial charge in [0.2, 0.25) is 5.88 Å². The molecule has 2 aromatic heterocycles. The van der Waals surface area contributed by atoms with Gasteiger partial charge in [-0.05, 0) is 18.6 Å². The number of hydrogen-bond donors (Lipinski definition) is 1. The monoisotopic (exact) mass is 367 g/mol. The van der Waals surface area contributed by atoms with Crippen molar-refractivity contribution in [3.8, 4) is 22.8 Å². The van der Waals surface area contributed by atoms with Crippen LogP contribution < -0.4 is 4.74 Å². The van der Waals surface area contributed by atoms with Crippen LogP contribution in [0.2, 0.25) is 0 Å². The highest BCUT2D eigenvalue weighted by Crippen LogP contribution is 2.51. The molecule has 3 aromatic rings. The molecule has 4 rings (SSSR count). The van der Waals surface area contributed by atoms with Crippen LogP contribution in [0.25, 0.3) is 16.9 Å². The van der Waals surface area contributed by atoms with Gasteiger partial charge in [0.15, 0.2) is 5.69 Å². The first-order valence-electron chi connectivity index (χ1n) is 8.26. The molecule has 26 heavy (non-hydrogen) atoms. The highest BCUT2D eigenvalue weighted by atomic mass is 32.2. The van der Waals surface area contributed by atoms with Gasteiger partial charge in [-0.15, -0.1) is 11.8 Å². The predicted octanol–water partition coefficient (Wildman–Crippen LogP) is 4.20. The Bertz CT molecular complexity index is 982. The van der Waals surface area contributed by atoms with Crippen molar-refractivity contribution >= 4 is 17.7 Å². The van der Waals surface area contributed by atoms with Crippen LogP contribution in [0.3, 0.4) is 0 Å². The summed E-state index contributed by atoms with van der Waals surface area (Å²) >= 11 is 1.69. The zero-order chi connectivity index (χ0) is 18.3. The Morgan fingerprint density at radius 2 is 2.12 bits per heavy atom. The minimum Gasteiger partial charge on any atom is -0.481 e. The number of fused-ring (bicyclic) bond motifs is 3. The Labute approximate surface area is 154 Å². The Morgan fingerprint density at radius 1 is 1.31 bits per heavy atom. The Morgan fingerprint density at radius 3 is 2.77 bits per heavy atom. The van der Waals surface area contributed by atoms with Crippen molar-refractivity contribution in [3.63, 3.8) is 0 Å². The number of hydrogen-bond acceptors (Lipinski definition) is 5. The Hall–Kier alpha value is -2.80. The van der Waals surface area contributed by atoms with E-state index in [1.165, 1.54) is 0 Å². The van der Waals surface area contributed by atoms with E-state index in [4.69, 9.17) is 4.74 Å². The maximum Gasteiger partial charge on any atom is 0.356 e. The van der Waals surface area contributed by atoms with Crippen molar-refractivity contribution in [1.29, 1.82) is 0 Å². The van der Waals surface area contributed by atoms with E-state index < -0.39 is 5.97 Å². The van der Waals surface area contributed by atoms with Crippen LogP contribution in [0.4, 0.5) is 0 Å². The molecular weight excluding hydrogens is 350 g/mol. The maximum absolute atomic E-state index is 11.9. The first kappa shape index (κ1) is 16.7. The third-order valence-corrected chi connectivity index (χ3v) is 5.87. The summed E-state index contributed by atoms with van der Waals surface area (Å²) in [5.41, 5.74) is 3.40. The number of ether oxygens (including phenoxy) is 1. The minimum absolute atomic E-state index is 0.0472. The smallest absolute Gasteiger partial charge is 0.356 e. The lowest BCUT2D eigenvalue weighted by Crippen LogP contribution is -2.08. The lowest BCUT2D eigenvalue weighted by atomic mass is 10.00. The molecule has 0 radical (unpaired) electrons. The standard InChI is InChI=1S/C19H17N3O3S/c1-3-13-16-17(19(23)24)21-22(11-8-9-15(25-2)20-10-11)18(16)12-6-4-5-7-14(12)26-13/h4-10,13H,3H2,1-2H3,(H,23,24). The lowest BCUT2D eigenvalue weighted by Gasteiger charge is -2.24. The molecule has 0 aliphatic carbocycles. The van der Waals surface area contributed by atoms with Gasteiger partial charge in [0.05, 0.1) is 24.7 Å². The molecule has 1 aliphatic heterocycles. The summed E-state index contributed by atoms with van der Waals surface area (Å²) in [5.74, 6) is -0.518. The van der Waals surface area contributed by atoms with Gasteiger partial charge >= 0.3 is 5.97 Å². The van der Waals surface area contributed by atoms with Gasteiger partial charge < -0.3 is 9.84 Å². The van der Waals surface area contributed by atoms with Gasteiger partial charge in [-0.25, -0.2) is 14.5 Å². The van der Waals surface area contributed by atoms with Gasteiger partial charge in [-0.1, -0.05) is 25.1 Å². The molecule has 1 atom stereocenters. The number of aromatic carboxylic acids is 1. The first-order chi connectivity index (χ1) is 12.6. The minimum atomic E-state index is -1.01. The fourth-order valence-electron chi connectivity index (χ4n) is 3.22. The van der Waals surface area contributed by atoms with E-state index in [2.05, 4.69) is 23.1 Å². The van der Waals surface area contributed by atoms with Crippen LogP contribution in [0.15, 0.2) is 47.5 Å². The number of aromatic nitrogens is 3. The van der Waals surface area contributed by atoms with Crippen molar-refractivity contribution in [2.24, 2.45) is 0 Å². The normalized spacial score (nSPS) is 15.2. The van der Waals surface area contributed by atoms with Gasteiger partial charge in [0.1, 0.15) is 0 Å². The van der Waals surface area contributed by atoms with Crippen molar-refractivity contribution in [2.45, 2.75) is 23.5 Å². The summed E-state index contributed by atoms with van der Waals surface area (Å²) < 4.78 is 6.80. The average molecular weight is 367 g/mol. The second-order valence-electron chi connectivity index (χ2n) is 5.90. The molecule has 0 spiro atoms.